The van der Waals surface area contributed by atoms with Gasteiger partial charge in [-0.2, -0.15) is 4.80 Å². The molecule has 118 valence electrons. The average molecular weight is 312 g/mol. The van der Waals surface area contributed by atoms with Gasteiger partial charge in [0, 0.05) is 24.5 Å². The third-order valence-electron chi connectivity index (χ3n) is 3.15. The summed E-state index contributed by atoms with van der Waals surface area (Å²) in [7, 11) is 3.36. The van der Waals surface area contributed by atoms with E-state index in [2.05, 4.69) is 25.6 Å². The standard InChI is InChI=1S/C15H16N6O2/c1-10-16-17-14(23-10)6-4-5-11-9-12(7-8-13(11)22-3)15-18-20-21(2)19-15/h4-5,7-9H,6H2,1-3H3/b5-4+. The summed E-state index contributed by atoms with van der Waals surface area (Å²) in [5.41, 5.74) is 1.78. The summed E-state index contributed by atoms with van der Waals surface area (Å²) in [5.74, 6) is 2.46. The Bertz CT molecular complexity index is 836. The van der Waals surface area contributed by atoms with Crippen molar-refractivity contribution >= 4 is 6.08 Å². The maximum atomic E-state index is 5.38. The predicted octanol–water partition coefficient (Wildman–Crippen LogP) is 1.83. The highest BCUT2D eigenvalue weighted by Gasteiger charge is 2.08. The molecule has 0 saturated carbocycles. The van der Waals surface area contributed by atoms with Crippen LogP contribution in [0.4, 0.5) is 0 Å². The van der Waals surface area contributed by atoms with Gasteiger partial charge in [-0.15, -0.1) is 20.4 Å². The van der Waals surface area contributed by atoms with E-state index >= 15 is 0 Å². The molecule has 1 aromatic carbocycles. The van der Waals surface area contributed by atoms with Gasteiger partial charge in [-0.25, -0.2) is 0 Å². The number of nitrogens with zero attached hydrogens (tertiary/aromatic N) is 6. The number of hydrogen-bond acceptors (Lipinski definition) is 7. The zero-order valence-electron chi connectivity index (χ0n) is 13.1. The van der Waals surface area contributed by atoms with Crippen molar-refractivity contribution in [2.75, 3.05) is 7.11 Å². The highest BCUT2D eigenvalue weighted by Crippen LogP contribution is 2.25. The van der Waals surface area contributed by atoms with Crippen LogP contribution >= 0.6 is 0 Å². The zero-order chi connectivity index (χ0) is 16.2. The van der Waals surface area contributed by atoms with Gasteiger partial charge < -0.3 is 9.15 Å². The van der Waals surface area contributed by atoms with Crippen LogP contribution in [-0.2, 0) is 13.5 Å². The third kappa shape index (κ3) is 3.42. The Hall–Kier alpha value is -3.03. The maximum absolute atomic E-state index is 5.38. The number of hydrogen-bond donors (Lipinski definition) is 0. The minimum absolute atomic E-state index is 0.553. The first-order valence-electron chi connectivity index (χ1n) is 7.03. The Kier molecular flexibility index (Phi) is 4.13. The lowest BCUT2D eigenvalue weighted by Gasteiger charge is -2.06. The van der Waals surface area contributed by atoms with Gasteiger partial charge in [0.15, 0.2) is 0 Å². The van der Waals surface area contributed by atoms with Crippen molar-refractivity contribution in [2.45, 2.75) is 13.3 Å². The number of benzene rings is 1. The molecule has 0 bridgehead atoms. The number of aromatic nitrogens is 6. The molecule has 0 aliphatic carbocycles. The van der Waals surface area contributed by atoms with Crippen molar-refractivity contribution in [3.8, 4) is 17.1 Å². The first kappa shape index (κ1) is 14.9. The molecule has 8 heteroatoms. The monoisotopic (exact) mass is 312 g/mol. The molecule has 8 nitrogen and oxygen atoms in total. The van der Waals surface area contributed by atoms with Crippen LogP contribution in [0.1, 0.15) is 17.3 Å². The second-order valence-corrected chi connectivity index (χ2v) is 4.88. The molecule has 23 heavy (non-hydrogen) atoms. The summed E-state index contributed by atoms with van der Waals surface area (Å²) in [6.45, 7) is 1.76. The molecular weight excluding hydrogens is 296 g/mol. The largest absolute Gasteiger partial charge is 0.496 e. The Labute approximate surface area is 132 Å². The Morgan fingerprint density at radius 3 is 2.78 bits per heavy atom. The molecule has 0 spiro atoms. The summed E-state index contributed by atoms with van der Waals surface area (Å²) in [4.78, 5) is 1.42. The molecular formula is C15H16N6O2. The summed E-state index contributed by atoms with van der Waals surface area (Å²) in [5, 5.41) is 19.8. The van der Waals surface area contributed by atoms with E-state index in [1.807, 2.05) is 30.4 Å². The number of rotatable bonds is 5. The average Bonchev–Trinajstić information content (AvgIpc) is 3.16. The number of allylic oxidation sites excluding steroid dienone is 1. The molecule has 0 amide bonds. The van der Waals surface area contributed by atoms with E-state index in [1.165, 1.54) is 4.80 Å². The van der Waals surface area contributed by atoms with Crippen molar-refractivity contribution < 1.29 is 9.15 Å². The van der Waals surface area contributed by atoms with Gasteiger partial charge in [-0.1, -0.05) is 12.2 Å². The van der Waals surface area contributed by atoms with Crippen LogP contribution in [0, 0.1) is 6.92 Å². The van der Waals surface area contributed by atoms with Gasteiger partial charge in [-0.05, 0) is 23.4 Å². The van der Waals surface area contributed by atoms with E-state index in [9.17, 15) is 0 Å². The highest BCUT2D eigenvalue weighted by atomic mass is 16.5. The highest BCUT2D eigenvalue weighted by molar-refractivity contribution is 5.66. The first-order valence-corrected chi connectivity index (χ1v) is 7.03. The summed E-state index contributed by atoms with van der Waals surface area (Å²) in [6.07, 6.45) is 4.44. The van der Waals surface area contributed by atoms with Crippen LogP contribution in [0.5, 0.6) is 5.75 Å². The van der Waals surface area contributed by atoms with Crippen LogP contribution in [0.2, 0.25) is 0 Å². The lowest BCUT2D eigenvalue weighted by atomic mass is 10.1. The van der Waals surface area contributed by atoms with E-state index in [0.717, 1.165) is 16.9 Å². The number of tetrazole rings is 1. The number of aryl methyl sites for hydroxylation is 2. The van der Waals surface area contributed by atoms with Crippen LogP contribution in [0.15, 0.2) is 28.7 Å². The van der Waals surface area contributed by atoms with E-state index in [1.54, 1.807) is 21.1 Å². The Morgan fingerprint density at radius 1 is 1.26 bits per heavy atom. The van der Waals surface area contributed by atoms with Crippen LogP contribution in [-0.4, -0.2) is 37.5 Å². The molecule has 0 aliphatic heterocycles. The van der Waals surface area contributed by atoms with Crippen molar-refractivity contribution in [2.24, 2.45) is 7.05 Å². The van der Waals surface area contributed by atoms with Crippen molar-refractivity contribution in [1.82, 2.24) is 30.4 Å². The molecule has 0 aliphatic rings. The molecule has 0 radical (unpaired) electrons. The third-order valence-corrected chi connectivity index (χ3v) is 3.15. The molecule has 2 aromatic heterocycles. The van der Waals surface area contributed by atoms with Crippen LogP contribution < -0.4 is 4.74 Å². The van der Waals surface area contributed by atoms with Gasteiger partial charge in [0.2, 0.25) is 17.6 Å². The predicted molar refractivity (Wildman–Crippen MR) is 82.6 cm³/mol. The summed E-state index contributed by atoms with van der Waals surface area (Å²) in [6, 6.07) is 5.72. The number of ether oxygens (including phenoxy) is 1. The van der Waals surface area contributed by atoms with Gasteiger partial charge in [-0.3, -0.25) is 0 Å². The van der Waals surface area contributed by atoms with E-state index in [-0.39, 0.29) is 0 Å². The fourth-order valence-electron chi connectivity index (χ4n) is 2.11. The molecule has 3 rings (SSSR count). The minimum Gasteiger partial charge on any atom is -0.496 e. The number of methoxy groups -OCH3 is 1. The Morgan fingerprint density at radius 2 is 2.13 bits per heavy atom. The van der Waals surface area contributed by atoms with Gasteiger partial charge >= 0.3 is 0 Å². The molecule has 0 N–H and O–H groups in total. The molecule has 2 heterocycles. The van der Waals surface area contributed by atoms with Crippen molar-refractivity contribution in [3.05, 3.63) is 41.6 Å². The summed E-state index contributed by atoms with van der Waals surface area (Å²) < 4.78 is 10.7. The molecule has 3 aromatic rings. The van der Waals surface area contributed by atoms with Gasteiger partial charge in [0.1, 0.15) is 5.75 Å². The first-order chi connectivity index (χ1) is 11.2. The second-order valence-electron chi connectivity index (χ2n) is 4.88. The molecule has 0 fully saturated rings. The van der Waals surface area contributed by atoms with Gasteiger partial charge in [0.25, 0.3) is 0 Å². The fourth-order valence-corrected chi connectivity index (χ4v) is 2.11. The van der Waals surface area contributed by atoms with E-state index < -0.39 is 0 Å². The molecule has 0 unspecified atom stereocenters. The van der Waals surface area contributed by atoms with Crippen molar-refractivity contribution in [1.29, 1.82) is 0 Å². The molecule has 0 saturated heterocycles. The van der Waals surface area contributed by atoms with E-state index in [0.29, 0.717) is 24.0 Å². The topological polar surface area (TPSA) is 91.8 Å². The van der Waals surface area contributed by atoms with Crippen LogP contribution in [0.3, 0.4) is 0 Å². The zero-order valence-corrected chi connectivity index (χ0v) is 13.1. The Balaban J connectivity index is 1.84. The lowest BCUT2D eigenvalue weighted by molar-refractivity contribution is 0.414. The second kappa shape index (κ2) is 6.39. The smallest absolute Gasteiger partial charge is 0.220 e. The quantitative estimate of drug-likeness (QED) is 0.709. The normalized spacial score (nSPS) is 11.3. The fraction of sp³-hybridized carbons (Fsp3) is 0.267. The van der Waals surface area contributed by atoms with Crippen LogP contribution in [0.25, 0.3) is 17.5 Å². The van der Waals surface area contributed by atoms with Crippen molar-refractivity contribution in [3.63, 3.8) is 0 Å². The minimum atomic E-state index is 0.553. The maximum Gasteiger partial charge on any atom is 0.220 e. The lowest BCUT2D eigenvalue weighted by Crippen LogP contribution is -1.92. The molecule has 0 atom stereocenters. The summed E-state index contributed by atoms with van der Waals surface area (Å²) >= 11 is 0. The van der Waals surface area contributed by atoms with Gasteiger partial charge in [0.05, 0.1) is 14.2 Å². The SMILES string of the molecule is COc1ccc(-c2nnn(C)n2)cc1/C=C/Cc1nnc(C)o1. The van der Waals surface area contributed by atoms with E-state index in [4.69, 9.17) is 9.15 Å².